The molecule has 2 fully saturated rings. The van der Waals surface area contributed by atoms with Gasteiger partial charge in [0.25, 0.3) is 0 Å². The molecular formula is C15H29NO3S2. The first-order valence-corrected chi connectivity index (χ1v) is 11.1. The van der Waals surface area contributed by atoms with E-state index in [9.17, 15) is 8.42 Å². The monoisotopic (exact) mass is 335 g/mol. The molecular weight excluding hydrogens is 306 g/mol. The minimum Gasteiger partial charge on any atom is -0.375 e. The number of nitrogens with one attached hydrogen (secondary N) is 1. The Morgan fingerprint density at radius 1 is 1.38 bits per heavy atom. The summed E-state index contributed by atoms with van der Waals surface area (Å²) in [6, 6.07) is 0.0420. The number of sulfone groups is 1. The van der Waals surface area contributed by atoms with Crippen LogP contribution in [0.4, 0.5) is 0 Å². The summed E-state index contributed by atoms with van der Waals surface area (Å²) in [6.07, 6.45) is 5.55. The summed E-state index contributed by atoms with van der Waals surface area (Å²) in [5.74, 6) is 2.73. The van der Waals surface area contributed by atoms with Gasteiger partial charge in [-0.2, -0.15) is 11.8 Å². The lowest BCUT2D eigenvalue weighted by Crippen LogP contribution is -2.53. The van der Waals surface area contributed by atoms with Crippen molar-refractivity contribution in [2.24, 2.45) is 5.92 Å². The van der Waals surface area contributed by atoms with E-state index in [-0.39, 0.29) is 16.9 Å². The Hall–Kier alpha value is 0.220. The molecule has 3 unspecified atom stereocenters. The Labute approximate surface area is 133 Å². The van der Waals surface area contributed by atoms with Crippen LogP contribution in [0.5, 0.6) is 0 Å². The molecule has 3 atom stereocenters. The second-order valence-electron chi connectivity index (χ2n) is 6.51. The van der Waals surface area contributed by atoms with E-state index in [1.807, 2.05) is 25.6 Å². The Kier molecular flexibility index (Phi) is 6.02. The van der Waals surface area contributed by atoms with Crippen molar-refractivity contribution in [3.8, 4) is 0 Å². The van der Waals surface area contributed by atoms with Crippen LogP contribution in [0.2, 0.25) is 0 Å². The molecule has 21 heavy (non-hydrogen) atoms. The Balaban J connectivity index is 2.12. The second-order valence-corrected chi connectivity index (χ2v) is 10.1. The minimum absolute atomic E-state index is 0.0130. The van der Waals surface area contributed by atoms with Gasteiger partial charge in [0.15, 0.2) is 9.84 Å². The van der Waals surface area contributed by atoms with Gasteiger partial charge < -0.3 is 10.1 Å². The van der Waals surface area contributed by atoms with Crippen molar-refractivity contribution in [1.82, 2.24) is 5.32 Å². The highest BCUT2D eigenvalue weighted by atomic mass is 32.2. The zero-order valence-corrected chi connectivity index (χ0v) is 15.1. The van der Waals surface area contributed by atoms with Gasteiger partial charge in [0.2, 0.25) is 0 Å². The lowest BCUT2D eigenvalue weighted by atomic mass is 9.78. The Morgan fingerprint density at radius 2 is 2.05 bits per heavy atom. The molecule has 0 amide bonds. The fourth-order valence-electron chi connectivity index (χ4n) is 3.68. The van der Waals surface area contributed by atoms with Crippen LogP contribution in [0.1, 0.15) is 39.5 Å². The van der Waals surface area contributed by atoms with Crippen molar-refractivity contribution in [3.63, 3.8) is 0 Å². The lowest BCUT2D eigenvalue weighted by molar-refractivity contribution is -0.107. The van der Waals surface area contributed by atoms with Gasteiger partial charge in [-0.05, 0) is 56.6 Å². The topological polar surface area (TPSA) is 55.4 Å². The van der Waals surface area contributed by atoms with Gasteiger partial charge in [-0.1, -0.05) is 6.92 Å². The second kappa shape index (κ2) is 7.20. The summed E-state index contributed by atoms with van der Waals surface area (Å²) >= 11 is 2.00. The maximum Gasteiger partial charge on any atom is 0.151 e. The maximum atomic E-state index is 12.0. The van der Waals surface area contributed by atoms with Gasteiger partial charge in [-0.3, -0.25) is 0 Å². The minimum atomic E-state index is -3.02. The van der Waals surface area contributed by atoms with Crippen LogP contribution < -0.4 is 5.32 Å². The van der Waals surface area contributed by atoms with Crippen molar-refractivity contribution in [2.75, 3.05) is 30.9 Å². The molecule has 4 nitrogen and oxygen atoms in total. The van der Waals surface area contributed by atoms with E-state index in [1.165, 1.54) is 17.8 Å². The van der Waals surface area contributed by atoms with Crippen molar-refractivity contribution >= 4 is 21.6 Å². The molecule has 124 valence electrons. The summed E-state index contributed by atoms with van der Waals surface area (Å²) in [5.41, 5.74) is 0.0130. The van der Waals surface area contributed by atoms with Crippen LogP contribution >= 0.6 is 11.8 Å². The van der Waals surface area contributed by atoms with Gasteiger partial charge >= 0.3 is 0 Å². The van der Waals surface area contributed by atoms with Crippen molar-refractivity contribution < 1.29 is 13.2 Å². The fourth-order valence-corrected chi connectivity index (χ4v) is 5.77. The fraction of sp³-hybridized carbons (Fsp3) is 1.00. The first kappa shape index (κ1) is 17.6. The number of hydrogen-bond acceptors (Lipinski definition) is 5. The SMILES string of the molecule is CCNC(C1CCOC2(CCSCC2)C1)C(C)S(C)(=O)=O. The number of rotatable bonds is 5. The standard InChI is InChI=1S/C15H29NO3S2/c1-4-16-14(12(2)21(3,17)18)13-5-8-19-15(11-13)6-9-20-10-7-15/h12-14,16H,4-11H2,1-3H3. The van der Waals surface area contributed by atoms with Gasteiger partial charge in [0.05, 0.1) is 10.9 Å². The van der Waals surface area contributed by atoms with Gasteiger partial charge in [0, 0.05) is 18.9 Å². The molecule has 1 N–H and O–H groups in total. The molecule has 0 aromatic rings. The summed E-state index contributed by atoms with van der Waals surface area (Å²) < 4.78 is 30.1. The van der Waals surface area contributed by atoms with E-state index in [1.54, 1.807) is 0 Å². The number of thioether (sulfide) groups is 1. The van der Waals surface area contributed by atoms with Crippen LogP contribution in [0, 0.1) is 5.92 Å². The van der Waals surface area contributed by atoms with Crippen LogP contribution in [0.3, 0.4) is 0 Å². The molecule has 0 bridgehead atoms. The summed E-state index contributed by atoms with van der Waals surface area (Å²) in [6.45, 7) is 5.48. The molecule has 2 saturated heterocycles. The highest BCUT2D eigenvalue weighted by Crippen LogP contribution is 2.41. The highest BCUT2D eigenvalue weighted by molar-refractivity contribution is 7.99. The van der Waals surface area contributed by atoms with Gasteiger partial charge in [0.1, 0.15) is 0 Å². The zero-order valence-electron chi connectivity index (χ0n) is 13.4. The first-order valence-electron chi connectivity index (χ1n) is 8.02. The quantitative estimate of drug-likeness (QED) is 0.834. The van der Waals surface area contributed by atoms with Crippen LogP contribution in [0.25, 0.3) is 0 Å². The average molecular weight is 336 g/mol. The third kappa shape index (κ3) is 4.36. The number of hydrogen-bond donors (Lipinski definition) is 1. The van der Waals surface area contributed by atoms with Crippen molar-refractivity contribution in [3.05, 3.63) is 0 Å². The average Bonchev–Trinajstić information content (AvgIpc) is 2.44. The van der Waals surface area contributed by atoms with Crippen molar-refractivity contribution in [2.45, 2.75) is 56.4 Å². The van der Waals surface area contributed by atoms with E-state index in [4.69, 9.17) is 4.74 Å². The van der Waals surface area contributed by atoms with E-state index in [0.29, 0.717) is 5.92 Å². The molecule has 0 saturated carbocycles. The van der Waals surface area contributed by atoms with Crippen LogP contribution in [0.15, 0.2) is 0 Å². The van der Waals surface area contributed by atoms with Crippen molar-refractivity contribution in [1.29, 1.82) is 0 Å². The molecule has 0 aromatic carbocycles. The first-order chi connectivity index (χ1) is 9.88. The van der Waals surface area contributed by atoms with Crippen LogP contribution in [-0.2, 0) is 14.6 Å². The molecule has 0 radical (unpaired) electrons. The zero-order chi connectivity index (χ0) is 15.5. The third-order valence-electron chi connectivity index (χ3n) is 5.06. The molecule has 6 heteroatoms. The Bertz CT molecular complexity index is 427. The summed E-state index contributed by atoms with van der Waals surface area (Å²) in [7, 11) is -3.02. The normalized spacial score (nSPS) is 29.2. The van der Waals surface area contributed by atoms with Gasteiger partial charge in [-0.15, -0.1) is 0 Å². The maximum absolute atomic E-state index is 12.0. The third-order valence-corrected chi connectivity index (χ3v) is 7.69. The lowest BCUT2D eigenvalue weighted by Gasteiger charge is -2.46. The molecule has 2 aliphatic rings. The predicted molar refractivity (Wildman–Crippen MR) is 89.7 cm³/mol. The Morgan fingerprint density at radius 3 is 2.62 bits per heavy atom. The molecule has 2 rings (SSSR count). The smallest absolute Gasteiger partial charge is 0.151 e. The highest BCUT2D eigenvalue weighted by Gasteiger charge is 2.43. The predicted octanol–water partition coefficient (Wildman–Crippen LogP) is 2.09. The van der Waals surface area contributed by atoms with E-state index >= 15 is 0 Å². The molecule has 2 heterocycles. The largest absolute Gasteiger partial charge is 0.375 e. The van der Waals surface area contributed by atoms with Crippen LogP contribution in [-0.4, -0.2) is 56.2 Å². The van der Waals surface area contributed by atoms with E-state index in [2.05, 4.69) is 5.32 Å². The summed E-state index contributed by atoms with van der Waals surface area (Å²) in [4.78, 5) is 0. The van der Waals surface area contributed by atoms with E-state index in [0.717, 1.165) is 38.8 Å². The summed E-state index contributed by atoms with van der Waals surface area (Å²) in [5, 5.41) is 3.10. The molecule has 0 aliphatic carbocycles. The molecule has 1 spiro atoms. The van der Waals surface area contributed by atoms with Gasteiger partial charge in [-0.25, -0.2) is 8.42 Å². The van der Waals surface area contributed by atoms with E-state index < -0.39 is 9.84 Å². The number of ether oxygens (including phenoxy) is 1. The molecule has 0 aromatic heterocycles. The molecule has 2 aliphatic heterocycles.